The number of methoxy groups -OCH3 is 1. The van der Waals surface area contributed by atoms with Crippen molar-refractivity contribution in [3.05, 3.63) is 29.8 Å². The summed E-state index contributed by atoms with van der Waals surface area (Å²) >= 11 is 0. The monoisotopic (exact) mass is 276 g/mol. The van der Waals surface area contributed by atoms with Crippen molar-refractivity contribution < 1.29 is 14.6 Å². The lowest BCUT2D eigenvalue weighted by atomic mass is 9.79. The van der Waals surface area contributed by atoms with E-state index in [0.717, 1.165) is 30.6 Å². The van der Waals surface area contributed by atoms with Gasteiger partial charge in [0.05, 0.1) is 25.9 Å². The molecule has 0 heterocycles. The predicted octanol–water partition coefficient (Wildman–Crippen LogP) is 3.01. The van der Waals surface area contributed by atoms with Gasteiger partial charge in [-0.15, -0.1) is 0 Å². The molecule has 110 valence electrons. The maximum atomic E-state index is 10.2. The number of benzene rings is 1. The van der Waals surface area contributed by atoms with Crippen LogP contribution in [0.25, 0.3) is 0 Å². The summed E-state index contributed by atoms with van der Waals surface area (Å²) in [4.78, 5) is 0. The van der Waals surface area contributed by atoms with Crippen molar-refractivity contribution in [3.63, 3.8) is 0 Å². The van der Waals surface area contributed by atoms with Gasteiger partial charge in [0.25, 0.3) is 0 Å². The number of ether oxygens (including phenoxy) is 2. The third-order valence-corrected chi connectivity index (χ3v) is 5.12. The zero-order valence-corrected chi connectivity index (χ0v) is 12.3. The van der Waals surface area contributed by atoms with E-state index in [2.05, 4.69) is 6.92 Å². The van der Waals surface area contributed by atoms with Crippen molar-refractivity contribution >= 4 is 0 Å². The van der Waals surface area contributed by atoms with Gasteiger partial charge in [-0.1, -0.05) is 19.1 Å². The first-order valence-electron chi connectivity index (χ1n) is 7.60. The Balaban J connectivity index is 1.59. The van der Waals surface area contributed by atoms with Crippen LogP contribution in [-0.4, -0.2) is 24.4 Å². The summed E-state index contributed by atoms with van der Waals surface area (Å²) in [5.74, 6) is 2.59. The highest BCUT2D eigenvalue weighted by Crippen LogP contribution is 2.46. The Morgan fingerprint density at radius 1 is 1.15 bits per heavy atom. The summed E-state index contributed by atoms with van der Waals surface area (Å²) in [6.45, 7) is 2.91. The molecule has 1 aromatic rings. The zero-order valence-electron chi connectivity index (χ0n) is 12.3. The Hall–Kier alpha value is -1.06. The molecule has 2 bridgehead atoms. The quantitative estimate of drug-likeness (QED) is 0.918. The summed E-state index contributed by atoms with van der Waals surface area (Å²) < 4.78 is 11.3. The van der Waals surface area contributed by atoms with Gasteiger partial charge in [-0.3, -0.25) is 0 Å². The Bertz CT molecular complexity index is 442. The molecular formula is C17H24O3. The summed E-state index contributed by atoms with van der Waals surface area (Å²) in [6.07, 6.45) is 3.23. The zero-order chi connectivity index (χ0) is 14.1. The van der Waals surface area contributed by atoms with Gasteiger partial charge < -0.3 is 14.6 Å². The minimum Gasteiger partial charge on any atom is -0.497 e. The second-order valence-corrected chi connectivity index (χ2v) is 6.37. The van der Waals surface area contributed by atoms with E-state index in [1.54, 1.807) is 7.11 Å². The van der Waals surface area contributed by atoms with Crippen molar-refractivity contribution in [2.45, 2.75) is 45.0 Å². The van der Waals surface area contributed by atoms with Gasteiger partial charge in [-0.25, -0.2) is 0 Å². The highest BCUT2D eigenvalue weighted by Gasteiger charge is 2.45. The molecule has 0 amide bonds. The lowest BCUT2D eigenvalue weighted by molar-refractivity contribution is -0.0531. The molecule has 3 rings (SSSR count). The fourth-order valence-electron chi connectivity index (χ4n) is 3.80. The van der Waals surface area contributed by atoms with Crippen molar-refractivity contribution in [1.82, 2.24) is 0 Å². The van der Waals surface area contributed by atoms with Gasteiger partial charge in [0.15, 0.2) is 0 Å². The topological polar surface area (TPSA) is 38.7 Å². The standard InChI is InChI=1S/C17H24O3/c1-11-7-17(15-8-13(11)9-16(15)18)20-10-12-3-5-14(19-2)6-4-12/h3-6,11,13,15-18H,7-10H2,1-2H3/t11-,13+,15-,16+,17-/m1/s1. The highest BCUT2D eigenvalue weighted by atomic mass is 16.5. The third-order valence-electron chi connectivity index (χ3n) is 5.12. The average molecular weight is 276 g/mol. The second kappa shape index (κ2) is 5.74. The molecule has 5 atom stereocenters. The molecule has 20 heavy (non-hydrogen) atoms. The van der Waals surface area contributed by atoms with Gasteiger partial charge in [-0.2, -0.15) is 0 Å². The van der Waals surface area contributed by atoms with E-state index in [1.807, 2.05) is 24.3 Å². The first kappa shape index (κ1) is 13.9. The minimum atomic E-state index is -0.161. The van der Waals surface area contributed by atoms with Gasteiger partial charge in [0, 0.05) is 5.92 Å². The number of hydrogen-bond acceptors (Lipinski definition) is 3. The fraction of sp³-hybridized carbons (Fsp3) is 0.647. The van der Waals surface area contributed by atoms with Crippen LogP contribution in [0.1, 0.15) is 31.7 Å². The molecule has 0 spiro atoms. The number of fused-ring (bicyclic) bond motifs is 2. The largest absolute Gasteiger partial charge is 0.497 e. The van der Waals surface area contributed by atoms with Gasteiger partial charge in [0.1, 0.15) is 5.75 Å². The Kier molecular flexibility index (Phi) is 3.99. The lowest BCUT2D eigenvalue weighted by Gasteiger charge is -2.33. The van der Waals surface area contributed by atoms with Crippen molar-refractivity contribution in [2.75, 3.05) is 7.11 Å². The summed E-state index contributed by atoms with van der Waals surface area (Å²) in [7, 11) is 1.67. The van der Waals surface area contributed by atoms with E-state index in [0.29, 0.717) is 24.4 Å². The molecule has 3 nitrogen and oxygen atoms in total. The van der Waals surface area contributed by atoms with Crippen LogP contribution in [0.5, 0.6) is 5.75 Å². The number of rotatable bonds is 4. The number of hydrogen-bond donors (Lipinski definition) is 1. The maximum absolute atomic E-state index is 10.2. The molecule has 0 unspecified atom stereocenters. The number of aliphatic hydroxyl groups excluding tert-OH is 1. The second-order valence-electron chi connectivity index (χ2n) is 6.37. The van der Waals surface area contributed by atoms with Gasteiger partial charge in [0.2, 0.25) is 0 Å². The van der Waals surface area contributed by atoms with E-state index in [1.165, 1.54) is 0 Å². The van der Waals surface area contributed by atoms with E-state index in [-0.39, 0.29) is 12.2 Å². The van der Waals surface area contributed by atoms with Crippen LogP contribution in [0.2, 0.25) is 0 Å². The Labute approximate surface area is 120 Å². The molecule has 1 aromatic carbocycles. The van der Waals surface area contributed by atoms with Crippen LogP contribution in [-0.2, 0) is 11.3 Å². The molecule has 2 fully saturated rings. The van der Waals surface area contributed by atoms with Crippen molar-refractivity contribution in [1.29, 1.82) is 0 Å². The predicted molar refractivity (Wildman–Crippen MR) is 77.6 cm³/mol. The van der Waals surface area contributed by atoms with Crippen molar-refractivity contribution in [2.24, 2.45) is 17.8 Å². The van der Waals surface area contributed by atoms with E-state index in [9.17, 15) is 5.11 Å². The summed E-state index contributed by atoms with van der Waals surface area (Å²) in [6, 6.07) is 8.00. The minimum absolute atomic E-state index is 0.161. The molecule has 2 aliphatic carbocycles. The number of aliphatic hydroxyl groups is 1. The van der Waals surface area contributed by atoms with Crippen LogP contribution in [0, 0.1) is 17.8 Å². The molecule has 3 heteroatoms. The molecule has 0 aliphatic heterocycles. The third kappa shape index (κ3) is 2.70. The Morgan fingerprint density at radius 3 is 2.60 bits per heavy atom. The van der Waals surface area contributed by atoms with E-state index in [4.69, 9.17) is 9.47 Å². The van der Waals surface area contributed by atoms with Crippen LogP contribution in [0.4, 0.5) is 0 Å². The van der Waals surface area contributed by atoms with E-state index >= 15 is 0 Å². The lowest BCUT2D eigenvalue weighted by Crippen LogP contribution is -2.34. The molecular weight excluding hydrogens is 252 g/mol. The first-order valence-corrected chi connectivity index (χ1v) is 7.60. The Morgan fingerprint density at radius 2 is 1.90 bits per heavy atom. The van der Waals surface area contributed by atoms with Crippen LogP contribution in [0.3, 0.4) is 0 Å². The van der Waals surface area contributed by atoms with Crippen LogP contribution in [0.15, 0.2) is 24.3 Å². The molecule has 0 radical (unpaired) electrons. The van der Waals surface area contributed by atoms with Crippen molar-refractivity contribution in [3.8, 4) is 5.75 Å². The molecule has 0 saturated heterocycles. The van der Waals surface area contributed by atoms with Crippen LogP contribution >= 0.6 is 0 Å². The maximum Gasteiger partial charge on any atom is 0.118 e. The highest BCUT2D eigenvalue weighted by molar-refractivity contribution is 5.26. The molecule has 2 saturated carbocycles. The fourth-order valence-corrected chi connectivity index (χ4v) is 3.80. The van der Waals surface area contributed by atoms with Crippen LogP contribution < -0.4 is 4.74 Å². The average Bonchev–Trinajstić information content (AvgIpc) is 2.81. The molecule has 0 aromatic heterocycles. The molecule has 1 N–H and O–H groups in total. The summed E-state index contributed by atoms with van der Waals surface area (Å²) in [5, 5.41) is 10.2. The first-order chi connectivity index (χ1) is 9.67. The molecule has 2 aliphatic rings. The normalized spacial score (nSPS) is 36.0. The smallest absolute Gasteiger partial charge is 0.118 e. The summed E-state index contributed by atoms with van der Waals surface area (Å²) in [5.41, 5.74) is 1.16. The van der Waals surface area contributed by atoms with E-state index < -0.39 is 0 Å². The van der Waals surface area contributed by atoms with Gasteiger partial charge in [-0.05, 0) is 48.8 Å². The SMILES string of the molecule is COc1ccc(CO[C@@H]2C[C@@H](C)[C@H]3C[C@@H]2[C@@H](O)C3)cc1. The van der Waals surface area contributed by atoms with Gasteiger partial charge >= 0.3 is 0 Å².